The first-order valence-corrected chi connectivity index (χ1v) is 7.46. The fourth-order valence-electron chi connectivity index (χ4n) is 3.33. The van der Waals surface area contributed by atoms with E-state index in [-0.39, 0.29) is 11.5 Å². The van der Waals surface area contributed by atoms with Crippen LogP contribution in [0.1, 0.15) is 32.8 Å². The van der Waals surface area contributed by atoms with Gasteiger partial charge in [-0.15, -0.1) is 0 Å². The van der Waals surface area contributed by atoms with Crippen LogP contribution in [0.4, 0.5) is 4.79 Å². The molecule has 2 fully saturated rings. The summed E-state index contributed by atoms with van der Waals surface area (Å²) in [4.78, 5) is 14.0. The number of likely N-dealkylation sites (tertiary alicyclic amines) is 1. The van der Waals surface area contributed by atoms with Gasteiger partial charge in [0.05, 0.1) is 7.11 Å². The van der Waals surface area contributed by atoms with Gasteiger partial charge in [-0.2, -0.15) is 0 Å². The van der Waals surface area contributed by atoms with Crippen molar-refractivity contribution in [1.82, 2.24) is 4.90 Å². The highest BCUT2D eigenvalue weighted by molar-refractivity contribution is 5.69. The Balaban J connectivity index is 1.73. The standard InChI is InChI=1S/C17H23NO3/c1-16(2,3)21-15(19)18-10-13-9-17(13,11-18)12-6-5-7-14(8-12)20-4/h5-8,13H,9-11H2,1-4H3/t13-,17+/m1/s1. The summed E-state index contributed by atoms with van der Waals surface area (Å²) in [6, 6.07) is 8.21. The van der Waals surface area contributed by atoms with Gasteiger partial charge in [0.25, 0.3) is 0 Å². The Kier molecular flexibility index (Phi) is 3.15. The number of benzene rings is 1. The predicted molar refractivity (Wildman–Crippen MR) is 80.6 cm³/mol. The molecule has 0 aromatic heterocycles. The summed E-state index contributed by atoms with van der Waals surface area (Å²) in [6.07, 6.45) is 0.955. The molecule has 0 radical (unpaired) electrons. The van der Waals surface area contributed by atoms with Crippen LogP contribution in [0.25, 0.3) is 0 Å². The van der Waals surface area contributed by atoms with Crippen molar-refractivity contribution in [3.05, 3.63) is 29.8 Å². The van der Waals surface area contributed by atoms with E-state index >= 15 is 0 Å². The third kappa shape index (κ3) is 2.59. The zero-order chi connectivity index (χ0) is 15.3. The average Bonchev–Trinajstić information content (AvgIpc) is 2.99. The number of piperidine rings is 1. The van der Waals surface area contributed by atoms with Gasteiger partial charge < -0.3 is 14.4 Å². The Bertz CT molecular complexity index is 563. The number of nitrogens with zero attached hydrogens (tertiary/aromatic N) is 1. The molecule has 1 aliphatic heterocycles. The van der Waals surface area contributed by atoms with E-state index < -0.39 is 5.60 Å². The van der Waals surface area contributed by atoms with Gasteiger partial charge in [-0.1, -0.05) is 12.1 Å². The largest absolute Gasteiger partial charge is 0.497 e. The van der Waals surface area contributed by atoms with Crippen molar-refractivity contribution in [2.24, 2.45) is 5.92 Å². The summed E-state index contributed by atoms with van der Waals surface area (Å²) in [7, 11) is 1.68. The van der Waals surface area contributed by atoms with Crippen LogP contribution in [-0.4, -0.2) is 36.8 Å². The monoisotopic (exact) mass is 289 g/mol. The number of carbonyl (C=O) groups excluding carboxylic acids is 1. The molecule has 0 spiro atoms. The summed E-state index contributed by atoms with van der Waals surface area (Å²) in [5.41, 5.74) is 0.955. The van der Waals surface area contributed by atoms with Crippen LogP contribution in [-0.2, 0) is 10.2 Å². The molecule has 3 rings (SSSR count). The third-order valence-corrected chi connectivity index (χ3v) is 4.44. The van der Waals surface area contributed by atoms with Crippen LogP contribution in [0.3, 0.4) is 0 Å². The van der Waals surface area contributed by atoms with Gasteiger partial charge in [0.2, 0.25) is 0 Å². The number of amides is 1. The quantitative estimate of drug-likeness (QED) is 0.839. The number of fused-ring (bicyclic) bond motifs is 1. The van der Waals surface area contributed by atoms with Crippen molar-refractivity contribution in [3.8, 4) is 5.75 Å². The minimum Gasteiger partial charge on any atom is -0.497 e. The lowest BCUT2D eigenvalue weighted by molar-refractivity contribution is 0.0270. The fourth-order valence-corrected chi connectivity index (χ4v) is 3.33. The van der Waals surface area contributed by atoms with Crippen molar-refractivity contribution in [3.63, 3.8) is 0 Å². The van der Waals surface area contributed by atoms with Crippen LogP contribution < -0.4 is 4.74 Å². The highest BCUT2D eigenvalue weighted by Crippen LogP contribution is 2.59. The van der Waals surface area contributed by atoms with E-state index in [1.165, 1.54) is 5.56 Å². The van der Waals surface area contributed by atoms with Gasteiger partial charge in [-0.3, -0.25) is 0 Å². The molecule has 1 aromatic rings. The maximum atomic E-state index is 12.2. The molecule has 1 saturated carbocycles. The van der Waals surface area contributed by atoms with Crippen molar-refractivity contribution >= 4 is 6.09 Å². The molecule has 1 amide bonds. The number of carbonyl (C=O) groups is 1. The lowest BCUT2D eigenvalue weighted by Gasteiger charge is -2.26. The molecule has 1 aromatic carbocycles. The molecule has 2 aliphatic rings. The third-order valence-electron chi connectivity index (χ3n) is 4.44. The zero-order valence-corrected chi connectivity index (χ0v) is 13.2. The van der Waals surface area contributed by atoms with Crippen LogP contribution in [0.5, 0.6) is 5.75 Å². The minimum atomic E-state index is -0.438. The summed E-state index contributed by atoms with van der Waals surface area (Å²) in [6.45, 7) is 7.25. The molecule has 0 unspecified atom stereocenters. The average molecular weight is 289 g/mol. The summed E-state index contributed by atoms with van der Waals surface area (Å²) in [5, 5.41) is 0. The lowest BCUT2D eigenvalue weighted by Crippen LogP contribution is -2.37. The van der Waals surface area contributed by atoms with Gasteiger partial charge in [0.15, 0.2) is 0 Å². The Morgan fingerprint density at radius 1 is 1.38 bits per heavy atom. The second-order valence-corrected chi connectivity index (χ2v) is 7.15. The number of rotatable bonds is 2. The van der Waals surface area contributed by atoms with E-state index in [1.54, 1.807) is 7.11 Å². The van der Waals surface area contributed by atoms with Gasteiger partial charge in [0.1, 0.15) is 11.4 Å². The molecular weight excluding hydrogens is 266 g/mol. The van der Waals surface area contributed by atoms with Gasteiger partial charge in [-0.25, -0.2) is 4.79 Å². The molecule has 4 heteroatoms. The van der Waals surface area contributed by atoms with E-state index in [0.717, 1.165) is 25.3 Å². The Morgan fingerprint density at radius 2 is 2.14 bits per heavy atom. The molecule has 4 nitrogen and oxygen atoms in total. The smallest absolute Gasteiger partial charge is 0.410 e. The van der Waals surface area contributed by atoms with E-state index in [0.29, 0.717) is 5.92 Å². The molecule has 1 saturated heterocycles. The molecule has 2 atom stereocenters. The highest BCUT2D eigenvalue weighted by atomic mass is 16.6. The minimum absolute atomic E-state index is 0.117. The van der Waals surface area contributed by atoms with Crippen LogP contribution in [0.15, 0.2) is 24.3 Å². The topological polar surface area (TPSA) is 38.8 Å². The summed E-state index contributed by atoms with van der Waals surface area (Å²) in [5.74, 6) is 1.43. The van der Waals surface area contributed by atoms with E-state index in [4.69, 9.17) is 9.47 Å². The van der Waals surface area contributed by atoms with Crippen LogP contribution in [0, 0.1) is 5.92 Å². The van der Waals surface area contributed by atoms with E-state index in [2.05, 4.69) is 12.1 Å². The Hall–Kier alpha value is -1.71. The summed E-state index contributed by atoms with van der Waals surface area (Å²) >= 11 is 0. The molecular formula is C17H23NO3. The first-order valence-electron chi connectivity index (χ1n) is 7.46. The molecule has 1 heterocycles. The highest BCUT2D eigenvalue weighted by Gasteiger charge is 2.62. The molecule has 21 heavy (non-hydrogen) atoms. The van der Waals surface area contributed by atoms with Crippen molar-refractivity contribution in [1.29, 1.82) is 0 Å². The second kappa shape index (κ2) is 4.65. The predicted octanol–water partition coefficient (Wildman–Crippen LogP) is 3.20. The molecule has 0 bridgehead atoms. The maximum Gasteiger partial charge on any atom is 0.410 e. The zero-order valence-electron chi connectivity index (χ0n) is 13.2. The first-order chi connectivity index (χ1) is 9.84. The maximum absolute atomic E-state index is 12.2. The van der Waals surface area contributed by atoms with Crippen molar-refractivity contribution in [2.45, 2.75) is 38.2 Å². The molecule has 1 aliphatic carbocycles. The van der Waals surface area contributed by atoms with E-state index in [9.17, 15) is 4.79 Å². The SMILES string of the molecule is COc1cccc([C@@]23C[C@@H]2CN(C(=O)OC(C)(C)C)C3)c1. The number of hydrogen-bond acceptors (Lipinski definition) is 3. The fraction of sp³-hybridized carbons (Fsp3) is 0.588. The molecule has 0 N–H and O–H groups in total. The van der Waals surface area contributed by atoms with Crippen LogP contribution in [0.2, 0.25) is 0 Å². The van der Waals surface area contributed by atoms with Gasteiger partial charge in [0, 0.05) is 18.5 Å². The molecule has 114 valence electrons. The number of hydrogen-bond donors (Lipinski definition) is 0. The Labute approximate surface area is 126 Å². The van der Waals surface area contributed by atoms with Crippen molar-refractivity contribution in [2.75, 3.05) is 20.2 Å². The van der Waals surface area contributed by atoms with Crippen molar-refractivity contribution < 1.29 is 14.3 Å². The lowest BCUT2D eigenvalue weighted by atomic mass is 9.95. The summed E-state index contributed by atoms with van der Waals surface area (Å²) < 4.78 is 10.8. The number of ether oxygens (including phenoxy) is 2. The normalized spacial score (nSPS) is 27.2. The van der Waals surface area contributed by atoms with Gasteiger partial charge in [-0.05, 0) is 50.8 Å². The Morgan fingerprint density at radius 3 is 2.81 bits per heavy atom. The van der Waals surface area contributed by atoms with Crippen LogP contribution >= 0.6 is 0 Å². The van der Waals surface area contributed by atoms with E-state index in [1.807, 2.05) is 37.8 Å². The second-order valence-electron chi connectivity index (χ2n) is 7.15. The van der Waals surface area contributed by atoms with Gasteiger partial charge >= 0.3 is 6.09 Å². The number of methoxy groups -OCH3 is 1. The first kappa shape index (κ1) is 14.2.